The minimum absolute atomic E-state index is 0.125. The van der Waals surface area contributed by atoms with E-state index in [4.69, 9.17) is 5.11 Å². The third-order valence-corrected chi connectivity index (χ3v) is 1.47. The van der Waals surface area contributed by atoms with Crippen molar-refractivity contribution in [1.82, 2.24) is 10.2 Å². The Kier molecular flexibility index (Phi) is 3.77. The molecule has 1 aromatic rings. The van der Waals surface area contributed by atoms with Crippen LogP contribution in [0.3, 0.4) is 0 Å². The molecular weight excluding hydrogens is 196 g/mol. The topological polar surface area (TPSA) is 72.3 Å². The first-order valence-electron chi connectivity index (χ1n) is 4.25. The van der Waals surface area contributed by atoms with Gasteiger partial charge in [0.05, 0.1) is 7.11 Å². The predicted octanol–water partition coefficient (Wildman–Crippen LogP) is -0.00450. The number of methoxy groups -OCH3 is 1. The monoisotopic (exact) mass is 206 g/mol. The molecule has 1 unspecified atom stereocenters. The minimum Gasteiger partial charge on any atom is -0.464 e. The summed E-state index contributed by atoms with van der Waals surface area (Å²) in [5, 5.41) is 16.2. The molecule has 0 aliphatic carbocycles. The van der Waals surface area contributed by atoms with Crippen molar-refractivity contribution in [3.63, 3.8) is 0 Å². The van der Waals surface area contributed by atoms with E-state index < -0.39 is 12.1 Å². The summed E-state index contributed by atoms with van der Waals surface area (Å²) < 4.78 is 4.46. The zero-order chi connectivity index (χ0) is 11.3. The first-order valence-corrected chi connectivity index (χ1v) is 4.25. The highest BCUT2D eigenvalue weighted by atomic mass is 16.5. The Bertz CT molecular complexity index is 401. The smallest absolute Gasteiger partial charge is 0.358 e. The average molecular weight is 206 g/mol. The fraction of sp³-hybridized carbons (Fsp3) is 0.300. The molecule has 0 fully saturated rings. The van der Waals surface area contributed by atoms with E-state index in [0.29, 0.717) is 5.69 Å². The van der Waals surface area contributed by atoms with Crippen LogP contribution in [-0.2, 0) is 4.74 Å². The summed E-state index contributed by atoms with van der Waals surface area (Å²) in [5.41, 5.74) is 0.517. The molecule has 1 atom stereocenters. The van der Waals surface area contributed by atoms with Crippen LogP contribution in [-0.4, -0.2) is 34.5 Å². The number of aliphatic hydroxyl groups is 1. The van der Waals surface area contributed by atoms with Gasteiger partial charge in [-0.05, 0) is 25.0 Å². The molecule has 78 valence electrons. The molecule has 0 saturated heterocycles. The highest BCUT2D eigenvalue weighted by Gasteiger charge is 2.06. The Morgan fingerprint density at radius 1 is 1.53 bits per heavy atom. The lowest BCUT2D eigenvalue weighted by molar-refractivity contribution is 0.0592. The van der Waals surface area contributed by atoms with Crippen LogP contribution in [0.25, 0.3) is 0 Å². The number of aromatic nitrogens is 2. The van der Waals surface area contributed by atoms with Crippen LogP contribution in [0, 0.1) is 11.8 Å². The number of carbonyl (C=O) groups is 1. The molecule has 15 heavy (non-hydrogen) atoms. The molecule has 1 N–H and O–H groups in total. The highest BCUT2D eigenvalue weighted by Crippen LogP contribution is 1.97. The van der Waals surface area contributed by atoms with E-state index in [2.05, 4.69) is 26.8 Å². The number of ether oxygens (including phenoxy) is 1. The summed E-state index contributed by atoms with van der Waals surface area (Å²) in [5.74, 6) is 4.57. The number of rotatable bonds is 1. The molecule has 1 rings (SSSR count). The van der Waals surface area contributed by atoms with Crippen LogP contribution < -0.4 is 0 Å². The van der Waals surface area contributed by atoms with Crippen LogP contribution in [0.4, 0.5) is 0 Å². The molecule has 0 saturated carbocycles. The summed E-state index contributed by atoms with van der Waals surface area (Å²) >= 11 is 0. The SMILES string of the molecule is COC(=O)c1ccc(C#CC(C)O)nn1. The Balaban J connectivity index is 2.83. The molecule has 0 spiro atoms. The first-order chi connectivity index (χ1) is 7.13. The number of hydrogen-bond acceptors (Lipinski definition) is 5. The number of aliphatic hydroxyl groups excluding tert-OH is 1. The minimum atomic E-state index is -0.716. The number of nitrogens with zero attached hydrogens (tertiary/aromatic N) is 2. The second kappa shape index (κ2) is 5.08. The van der Waals surface area contributed by atoms with E-state index in [1.165, 1.54) is 19.2 Å². The van der Waals surface area contributed by atoms with Crippen molar-refractivity contribution in [2.45, 2.75) is 13.0 Å². The van der Waals surface area contributed by atoms with Gasteiger partial charge >= 0.3 is 5.97 Å². The summed E-state index contributed by atoms with van der Waals surface area (Å²) in [6.07, 6.45) is -0.716. The van der Waals surface area contributed by atoms with Crippen molar-refractivity contribution in [2.24, 2.45) is 0 Å². The fourth-order valence-corrected chi connectivity index (χ4v) is 0.791. The van der Waals surface area contributed by atoms with Crippen LogP contribution >= 0.6 is 0 Å². The molecule has 5 heteroatoms. The molecule has 1 aromatic heterocycles. The van der Waals surface area contributed by atoms with Gasteiger partial charge in [-0.15, -0.1) is 10.2 Å². The summed E-state index contributed by atoms with van der Waals surface area (Å²) in [6, 6.07) is 3.00. The normalized spacial score (nSPS) is 11.1. The van der Waals surface area contributed by atoms with Gasteiger partial charge in [0.1, 0.15) is 11.8 Å². The summed E-state index contributed by atoms with van der Waals surface area (Å²) in [7, 11) is 1.27. The van der Waals surface area contributed by atoms with E-state index >= 15 is 0 Å². The Morgan fingerprint density at radius 3 is 2.73 bits per heavy atom. The van der Waals surface area contributed by atoms with Crippen molar-refractivity contribution < 1.29 is 14.6 Å². The molecule has 0 aromatic carbocycles. The summed E-state index contributed by atoms with van der Waals surface area (Å²) in [6.45, 7) is 1.54. The van der Waals surface area contributed by atoms with Crippen LogP contribution in [0.5, 0.6) is 0 Å². The third-order valence-electron chi connectivity index (χ3n) is 1.47. The highest BCUT2D eigenvalue weighted by molar-refractivity contribution is 5.86. The lowest BCUT2D eigenvalue weighted by Gasteiger charge is -1.96. The molecular formula is C10H10N2O3. The maximum Gasteiger partial charge on any atom is 0.358 e. The van der Waals surface area contributed by atoms with Crippen LogP contribution in [0.2, 0.25) is 0 Å². The molecule has 1 heterocycles. The van der Waals surface area contributed by atoms with E-state index in [-0.39, 0.29) is 5.69 Å². The lowest BCUT2D eigenvalue weighted by atomic mass is 10.3. The van der Waals surface area contributed by atoms with E-state index in [9.17, 15) is 4.79 Å². The van der Waals surface area contributed by atoms with Gasteiger partial charge in [-0.1, -0.05) is 5.92 Å². The van der Waals surface area contributed by atoms with Crippen molar-refractivity contribution in [1.29, 1.82) is 0 Å². The van der Waals surface area contributed by atoms with Gasteiger partial charge in [0.2, 0.25) is 0 Å². The lowest BCUT2D eigenvalue weighted by Crippen LogP contribution is -2.05. The van der Waals surface area contributed by atoms with Crippen LogP contribution in [0.1, 0.15) is 23.1 Å². The Labute approximate surface area is 87.1 Å². The van der Waals surface area contributed by atoms with Gasteiger partial charge in [-0.2, -0.15) is 0 Å². The zero-order valence-corrected chi connectivity index (χ0v) is 8.39. The maximum absolute atomic E-state index is 11.0. The van der Waals surface area contributed by atoms with Gasteiger partial charge in [-0.3, -0.25) is 0 Å². The average Bonchev–Trinajstić information content (AvgIpc) is 2.26. The van der Waals surface area contributed by atoms with Crippen molar-refractivity contribution in [3.8, 4) is 11.8 Å². The molecule has 0 amide bonds. The van der Waals surface area contributed by atoms with Crippen molar-refractivity contribution >= 4 is 5.97 Å². The molecule has 5 nitrogen and oxygen atoms in total. The number of esters is 1. The number of carbonyl (C=O) groups excluding carboxylic acids is 1. The second-order valence-electron chi connectivity index (χ2n) is 2.74. The standard InChI is InChI=1S/C10H10N2O3/c1-7(13)3-4-8-5-6-9(12-11-8)10(14)15-2/h5-7,13H,1-2H3. The van der Waals surface area contributed by atoms with Crippen LogP contribution in [0.15, 0.2) is 12.1 Å². The maximum atomic E-state index is 11.0. The van der Waals surface area contributed by atoms with Gasteiger partial charge in [0.15, 0.2) is 5.69 Å². The quantitative estimate of drug-likeness (QED) is 0.517. The fourth-order valence-electron chi connectivity index (χ4n) is 0.791. The summed E-state index contributed by atoms with van der Waals surface area (Å²) in [4.78, 5) is 11.0. The molecule has 0 aliphatic rings. The van der Waals surface area contributed by atoms with Gasteiger partial charge in [-0.25, -0.2) is 4.79 Å². The second-order valence-corrected chi connectivity index (χ2v) is 2.74. The molecule has 0 radical (unpaired) electrons. The van der Waals surface area contributed by atoms with E-state index in [1.807, 2.05) is 0 Å². The third kappa shape index (κ3) is 3.37. The molecule has 0 aliphatic heterocycles. The van der Waals surface area contributed by atoms with Gasteiger partial charge in [0.25, 0.3) is 0 Å². The largest absolute Gasteiger partial charge is 0.464 e. The van der Waals surface area contributed by atoms with Gasteiger partial charge < -0.3 is 9.84 Å². The van der Waals surface area contributed by atoms with E-state index in [1.54, 1.807) is 6.92 Å². The van der Waals surface area contributed by atoms with Crippen molar-refractivity contribution in [3.05, 3.63) is 23.5 Å². The van der Waals surface area contributed by atoms with Crippen molar-refractivity contribution in [2.75, 3.05) is 7.11 Å². The first kappa shape index (κ1) is 11.1. The van der Waals surface area contributed by atoms with E-state index in [0.717, 1.165) is 0 Å². The number of hydrogen-bond donors (Lipinski definition) is 1. The Hall–Kier alpha value is -1.93. The Morgan fingerprint density at radius 2 is 2.27 bits per heavy atom. The van der Waals surface area contributed by atoms with Gasteiger partial charge in [0, 0.05) is 0 Å². The molecule has 0 bridgehead atoms. The predicted molar refractivity (Wildman–Crippen MR) is 51.9 cm³/mol. The zero-order valence-electron chi connectivity index (χ0n) is 8.39.